The molecule has 0 aliphatic rings. The third-order valence-corrected chi connectivity index (χ3v) is 2.90. The van der Waals surface area contributed by atoms with Gasteiger partial charge >= 0.3 is 6.01 Å². The average molecular weight is 250 g/mol. The molecule has 0 spiro atoms. The van der Waals surface area contributed by atoms with E-state index in [1.165, 1.54) is 19.3 Å². The summed E-state index contributed by atoms with van der Waals surface area (Å²) in [6.07, 6.45) is 6.24. The smallest absolute Gasteiger partial charge is 0.317 e. The zero-order valence-corrected chi connectivity index (χ0v) is 11.1. The number of unbranched alkanes of at least 4 members (excludes halogenated alkanes) is 1. The Morgan fingerprint density at radius 1 is 1.50 bits per heavy atom. The highest BCUT2D eigenvalue weighted by atomic mass is 16.5. The van der Waals surface area contributed by atoms with Crippen molar-refractivity contribution in [1.29, 1.82) is 5.41 Å². The number of rotatable bonds is 8. The Labute approximate surface area is 108 Å². The molecule has 1 atom stereocenters. The van der Waals surface area contributed by atoms with E-state index in [1.54, 1.807) is 12.3 Å². The van der Waals surface area contributed by atoms with Gasteiger partial charge in [-0.1, -0.05) is 33.1 Å². The Balaban J connectivity index is 2.51. The molecule has 0 saturated carbocycles. The topological polar surface area (TPSA) is 84.9 Å². The molecule has 0 aliphatic carbocycles. The molecule has 18 heavy (non-hydrogen) atoms. The summed E-state index contributed by atoms with van der Waals surface area (Å²) in [5, 5.41) is 7.31. The van der Waals surface area contributed by atoms with Crippen LogP contribution in [0.1, 0.15) is 45.2 Å². The SMILES string of the molecule is CCCCC(CC)COc1nccc(C(=N)N)n1. The van der Waals surface area contributed by atoms with Gasteiger partial charge in [0.05, 0.1) is 6.61 Å². The van der Waals surface area contributed by atoms with Crippen molar-refractivity contribution < 1.29 is 4.74 Å². The lowest BCUT2D eigenvalue weighted by molar-refractivity contribution is 0.217. The van der Waals surface area contributed by atoms with Crippen LogP contribution in [-0.4, -0.2) is 22.4 Å². The Morgan fingerprint density at radius 2 is 2.28 bits per heavy atom. The van der Waals surface area contributed by atoms with Crippen molar-refractivity contribution in [2.24, 2.45) is 11.7 Å². The van der Waals surface area contributed by atoms with E-state index in [0.717, 1.165) is 6.42 Å². The molecule has 1 aromatic heterocycles. The van der Waals surface area contributed by atoms with E-state index in [0.29, 0.717) is 24.2 Å². The van der Waals surface area contributed by atoms with Crippen molar-refractivity contribution in [3.63, 3.8) is 0 Å². The maximum Gasteiger partial charge on any atom is 0.317 e. The second-order valence-electron chi connectivity index (χ2n) is 4.37. The summed E-state index contributed by atoms with van der Waals surface area (Å²) < 4.78 is 5.57. The summed E-state index contributed by atoms with van der Waals surface area (Å²) in [7, 11) is 0. The van der Waals surface area contributed by atoms with Crippen molar-refractivity contribution in [2.45, 2.75) is 39.5 Å². The number of hydrogen-bond acceptors (Lipinski definition) is 4. The van der Waals surface area contributed by atoms with Crippen LogP contribution in [0, 0.1) is 11.3 Å². The zero-order valence-electron chi connectivity index (χ0n) is 11.1. The number of nitrogens with zero attached hydrogens (tertiary/aromatic N) is 2. The molecular formula is C13H22N4O. The van der Waals surface area contributed by atoms with Crippen LogP contribution >= 0.6 is 0 Å². The molecule has 0 aliphatic heterocycles. The molecule has 100 valence electrons. The summed E-state index contributed by atoms with van der Waals surface area (Å²) in [5.74, 6) is 0.467. The van der Waals surface area contributed by atoms with Crippen LogP contribution in [0.2, 0.25) is 0 Å². The molecule has 3 N–H and O–H groups in total. The van der Waals surface area contributed by atoms with E-state index < -0.39 is 0 Å². The first kappa shape index (κ1) is 14.4. The van der Waals surface area contributed by atoms with Gasteiger partial charge in [0, 0.05) is 6.20 Å². The van der Waals surface area contributed by atoms with Crippen LogP contribution in [0.3, 0.4) is 0 Å². The Kier molecular flexibility index (Phi) is 6.11. The summed E-state index contributed by atoms with van der Waals surface area (Å²) >= 11 is 0. The van der Waals surface area contributed by atoms with Gasteiger partial charge in [-0.25, -0.2) is 4.98 Å². The van der Waals surface area contributed by atoms with Crippen LogP contribution in [-0.2, 0) is 0 Å². The maximum atomic E-state index is 7.31. The lowest BCUT2D eigenvalue weighted by atomic mass is 10.0. The van der Waals surface area contributed by atoms with E-state index in [4.69, 9.17) is 15.9 Å². The molecule has 1 heterocycles. The number of ether oxygens (including phenoxy) is 1. The van der Waals surface area contributed by atoms with Gasteiger partial charge in [-0.2, -0.15) is 4.98 Å². The fourth-order valence-corrected chi connectivity index (χ4v) is 1.65. The summed E-state index contributed by atoms with van der Waals surface area (Å²) in [4.78, 5) is 8.10. The fourth-order valence-electron chi connectivity index (χ4n) is 1.65. The monoisotopic (exact) mass is 250 g/mol. The highest BCUT2D eigenvalue weighted by Gasteiger charge is 2.09. The second kappa shape index (κ2) is 7.63. The largest absolute Gasteiger partial charge is 0.463 e. The number of nitrogen functional groups attached to an aromatic ring is 1. The van der Waals surface area contributed by atoms with Crippen molar-refractivity contribution >= 4 is 5.84 Å². The molecule has 5 heteroatoms. The second-order valence-corrected chi connectivity index (χ2v) is 4.37. The first-order valence-electron chi connectivity index (χ1n) is 6.47. The Bertz CT molecular complexity index is 381. The highest BCUT2D eigenvalue weighted by molar-refractivity contribution is 5.92. The van der Waals surface area contributed by atoms with Crippen LogP contribution in [0.5, 0.6) is 6.01 Å². The van der Waals surface area contributed by atoms with Crippen LogP contribution < -0.4 is 10.5 Å². The molecule has 1 unspecified atom stereocenters. The molecule has 0 amide bonds. The predicted octanol–water partition coefficient (Wildman–Crippen LogP) is 2.36. The number of nitrogens with two attached hydrogens (primary N) is 1. The summed E-state index contributed by atoms with van der Waals surface area (Å²) in [6.45, 7) is 4.97. The Hall–Kier alpha value is -1.65. The molecule has 0 radical (unpaired) electrons. The van der Waals surface area contributed by atoms with Crippen molar-refractivity contribution in [3.8, 4) is 6.01 Å². The van der Waals surface area contributed by atoms with Crippen LogP contribution in [0.4, 0.5) is 0 Å². The zero-order chi connectivity index (χ0) is 13.4. The minimum atomic E-state index is -0.0692. The van der Waals surface area contributed by atoms with Crippen molar-refractivity contribution in [3.05, 3.63) is 18.0 Å². The van der Waals surface area contributed by atoms with Gasteiger partial charge < -0.3 is 10.5 Å². The van der Waals surface area contributed by atoms with Crippen LogP contribution in [0.25, 0.3) is 0 Å². The van der Waals surface area contributed by atoms with Gasteiger partial charge in [0.1, 0.15) is 11.5 Å². The number of nitrogens with one attached hydrogen (secondary N) is 1. The summed E-state index contributed by atoms with van der Waals surface area (Å²) in [5.41, 5.74) is 5.77. The van der Waals surface area contributed by atoms with Gasteiger partial charge in [0.2, 0.25) is 0 Å². The van der Waals surface area contributed by atoms with E-state index in [2.05, 4.69) is 23.8 Å². The molecule has 0 fully saturated rings. The van der Waals surface area contributed by atoms with Gasteiger partial charge in [0.15, 0.2) is 0 Å². The highest BCUT2D eigenvalue weighted by Crippen LogP contribution is 2.14. The third kappa shape index (κ3) is 4.69. The molecule has 0 saturated heterocycles. The normalized spacial score (nSPS) is 12.1. The van der Waals surface area contributed by atoms with Gasteiger partial charge in [-0.3, -0.25) is 5.41 Å². The number of hydrogen-bond donors (Lipinski definition) is 2. The van der Waals surface area contributed by atoms with Crippen molar-refractivity contribution in [2.75, 3.05) is 6.61 Å². The standard InChI is InChI=1S/C13H22N4O/c1-3-5-6-10(4-2)9-18-13-16-8-7-11(17-13)12(14)15/h7-8,10H,3-6,9H2,1-2H3,(H3,14,15). The van der Waals surface area contributed by atoms with Gasteiger partial charge in [0.25, 0.3) is 0 Å². The quantitative estimate of drug-likeness (QED) is 0.548. The first-order valence-corrected chi connectivity index (χ1v) is 6.47. The summed E-state index contributed by atoms with van der Waals surface area (Å²) in [6, 6.07) is 1.90. The lowest BCUT2D eigenvalue weighted by Crippen LogP contribution is -2.16. The van der Waals surface area contributed by atoms with Crippen LogP contribution in [0.15, 0.2) is 12.3 Å². The minimum Gasteiger partial charge on any atom is -0.463 e. The maximum absolute atomic E-state index is 7.31. The van der Waals surface area contributed by atoms with Crippen molar-refractivity contribution in [1.82, 2.24) is 9.97 Å². The van der Waals surface area contributed by atoms with Gasteiger partial charge in [-0.05, 0) is 18.4 Å². The predicted molar refractivity (Wildman–Crippen MR) is 71.8 cm³/mol. The van der Waals surface area contributed by atoms with Gasteiger partial charge in [-0.15, -0.1) is 0 Å². The molecular weight excluding hydrogens is 228 g/mol. The molecule has 0 bridgehead atoms. The van der Waals surface area contributed by atoms with E-state index in [9.17, 15) is 0 Å². The van der Waals surface area contributed by atoms with E-state index in [-0.39, 0.29) is 5.84 Å². The van der Waals surface area contributed by atoms with E-state index in [1.807, 2.05) is 0 Å². The minimum absolute atomic E-state index is 0.0692. The molecule has 1 rings (SSSR count). The molecule has 5 nitrogen and oxygen atoms in total. The molecule has 0 aromatic carbocycles. The fraction of sp³-hybridized carbons (Fsp3) is 0.615. The Morgan fingerprint density at radius 3 is 2.89 bits per heavy atom. The third-order valence-electron chi connectivity index (χ3n) is 2.90. The first-order chi connectivity index (χ1) is 8.67. The number of amidine groups is 1. The molecule has 1 aromatic rings. The lowest BCUT2D eigenvalue weighted by Gasteiger charge is -2.14. The average Bonchev–Trinajstić information content (AvgIpc) is 2.39. The van der Waals surface area contributed by atoms with E-state index >= 15 is 0 Å². The number of aromatic nitrogens is 2.